The number of benzene rings is 3. The van der Waals surface area contributed by atoms with E-state index in [1.807, 2.05) is 25.1 Å². The van der Waals surface area contributed by atoms with Gasteiger partial charge in [0.15, 0.2) is 6.10 Å². The number of rotatable bonds is 14. The molecule has 0 heterocycles. The van der Waals surface area contributed by atoms with Gasteiger partial charge in [0.2, 0.25) is 0 Å². The zero-order valence-corrected chi connectivity index (χ0v) is 19.8. The molecule has 3 aromatic carbocycles. The first-order valence-corrected chi connectivity index (χ1v) is 12.5. The van der Waals surface area contributed by atoms with E-state index >= 15 is 0 Å². The minimum absolute atomic E-state index is 0.259. The Balaban J connectivity index is 1.62. The van der Waals surface area contributed by atoms with Gasteiger partial charge in [0.25, 0.3) is 0 Å². The highest BCUT2D eigenvalue weighted by Crippen LogP contribution is 2.31. The van der Waals surface area contributed by atoms with Crippen LogP contribution in [-0.2, 0) is 9.53 Å². The maximum absolute atomic E-state index is 12.6. The maximum atomic E-state index is 12.6. The van der Waals surface area contributed by atoms with Gasteiger partial charge in [-0.05, 0) is 54.1 Å². The molecule has 0 amide bonds. The molecule has 0 saturated carbocycles. The predicted octanol–water partition coefficient (Wildman–Crippen LogP) is 8.22. The van der Waals surface area contributed by atoms with E-state index in [9.17, 15) is 4.79 Å². The molecule has 0 fully saturated rings. The molecule has 0 aliphatic carbocycles. The lowest BCUT2D eigenvalue weighted by Gasteiger charge is -2.19. The molecular weight excluding hydrogens is 396 g/mol. The van der Waals surface area contributed by atoms with E-state index < -0.39 is 6.10 Å². The third-order valence-electron chi connectivity index (χ3n) is 6.10. The molecule has 172 valence electrons. The molecule has 1 unspecified atom stereocenters. The van der Waals surface area contributed by atoms with Crippen molar-refractivity contribution in [3.8, 4) is 5.75 Å². The van der Waals surface area contributed by atoms with Crippen molar-refractivity contribution in [2.45, 2.75) is 84.2 Å². The SMILES string of the molecule is CCCCCCCCCCCC(Oc1cccc2cc3ccccc3cc12)C(=O)OCC. The second kappa shape index (κ2) is 13.1. The summed E-state index contributed by atoms with van der Waals surface area (Å²) in [6.07, 6.45) is 11.4. The molecule has 3 rings (SSSR count). The minimum Gasteiger partial charge on any atom is -0.478 e. The summed E-state index contributed by atoms with van der Waals surface area (Å²) in [4.78, 5) is 12.6. The van der Waals surface area contributed by atoms with E-state index in [0.717, 1.165) is 29.4 Å². The number of esters is 1. The molecule has 0 N–H and O–H groups in total. The number of unbranched alkanes of at least 4 members (excludes halogenated alkanes) is 8. The number of hydrogen-bond acceptors (Lipinski definition) is 3. The van der Waals surface area contributed by atoms with Gasteiger partial charge in [-0.3, -0.25) is 0 Å². The first-order valence-electron chi connectivity index (χ1n) is 12.5. The van der Waals surface area contributed by atoms with Crippen molar-refractivity contribution in [3.05, 3.63) is 54.6 Å². The van der Waals surface area contributed by atoms with Crippen LogP contribution in [0.3, 0.4) is 0 Å². The highest BCUT2D eigenvalue weighted by atomic mass is 16.6. The summed E-state index contributed by atoms with van der Waals surface area (Å²) in [5.41, 5.74) is 0. The van der Waals surface area contributed by atoms with E-state index in [4.69, 9.17) is 9.47 Å². The number of carbonyl (C=O) groups excluding carboxylic acids is 1. The second-order valence-corrected chi connectivity index (χ2v) is 8.65. The van der Waals surface area contributed by atoms with Crippen LogP contribution in [0, 0.1) is 0 Å². The fourth-order valence-corrected chi connectivity index (χ4v) is 4.29. The summed E-state index contributed by atoms with van der Waals surface area (Å²) in [6.45, 7) is 4.47. The third-order valence-corrected chi connectivity index (χ3v) is 6.10. The summed E-state index contributed by atoms with van der Waals surface area (Å²) < 4.78 is 11.6. The van der Waals surface area contributed by atoms with E-state index in [1.165, 1.54) is 55.7 Å². The summed E-state index contributed by atoms with van der Waals surface area (Å²) in [5, 5.41) is 4.52. The van der Waals surface area contributed by atoms with Gasteiger partial charge in [0, 0.05) is 5.39 Å². The van der Waals surface area contributed by atoms with Gasteiger partial charge in [-0.25, -0.2) is 4.79 Å². The molecule has 32 heavy (non-hydrogen) atoms. The lowest BCUT2D eigenvalue weighted by molar-refractivity contribution is -0.151. The van der Waals surface area contributed by atoms with Crippen molar-refractivity contribution >= 4 is 27.5 Å². The molecule has 0 aliphatic heterocycles. The Hall–Kier alpha value is -2.55. The first kappa shape index (κ1) is 24.1. The lowest BCUT2D eigenvalue weighted by Crippen LogP contribution is -2.29. The fourth-order valence-electron chi connectivity index (χ4n) is 4.29. The summed E-state index contributed by atoms with van der Waals surface area (Å²) >= 11 is 0. The van der Waals surface area contributed by atoms with Crippen molar-refractivity contribution in [1.82, 2.24) is 0 Å². The summed E-state index contributed by atoms with van der Waals surface area (Å²) in [7, 11) is 0. The zero-order valence-electron chi connectivity index (χ0n) is 19.8. The molecular formula is C29H38O3. The number of carbonyl (C=O) groups is 1. The monoisotopic (exact) mass is 434 g/mol. The summed E-state index contributed by atoms with van der Waals surface area (Å²) in [6, 6.07) is 18.7. The summed E-state index contributed by atoms with van der Waals surface area (Å²) in [5.74, 6) is 0.493. The molecule has 1 atom stereocenters. The number of ether oxygens (including phenoxy) is 2. The van der Waals surface area contributed by atoms with Crippen LogP contribution in [0.5, 0.6) is 5.75 Å². The Labute approximate surface area is 193 Å². The Morgan fingerprint density at radius 3 is 2.06 bits per heavy atom. The minimum atomic E-state index is -0.559. The highest BCUT2D eigenvalue weighted by Gasteiger charge is 2.22. The van der Waals surface area contributed by atoms with Crippen molar-refractivity contribution in [2.75, 3.05) is 6.61 Å². The van der Waals surface area contributed by atoms with E-state index in [-0.39, 0.29) is 5.97 Å². The standard InChI is InChI=1S/C29H38O3/c1-3-5-6-7-8-9-10-11-12-19-28(29(30)31-4-2)32-27-20-15-18-25-21-23-16-13-14-17-24(23)22-26(25)27/h13-18,20-22,28H,3-12,19H2,1-2H3. The quantitative estimate of drug-likeness (QED) is 0.146. The van der Waals surface area contributed by atoms with E-state index in [1.54, 1.807) is 0 Å². The Kier molecular flexibility index (Phi) is 9.87. The van der Waals surface area contributed by atoms with Crippen LogP contribution in [0.25, 0.3) is 21.5 Å². The van der Waals surface area contributed by atoms with Crippen LogP contribution < -0.4 is 4.74 Å². The Morgan fingerprint density at radius 1 is 0.750 bits per heavy atom. The highest BCUT2D eigenvalue weighted by molar-refractivity contribution is 6.01. The van der Waals surface area contributed by atoms with E-state index in [2.05, 4.69) is 43.3 Å². The molecule has 3 aromatic rings. The molecule has 3 heteroatoms. The van der Waals surface area contributed by atoms with Gasteiger partial charge >= 0.3 is 5.97 Å². The van der Waals surface area contributed by atoms with Crippen molar-refractivity contribution < 1.29 is 14.3 Å². The molecule has 0 bridgehead atoms. The van der Waals surface area contributed by atoms with Crippen LogP contribution in [0.15, 0.2) is 54.6 Å². The molecule has 0 aromatic heterocycles. The number of hydrogen-bond donors (Lipinski definition) is 0. The maximum Gasteiger partial charge on any atom is 0.347 e. The Morgan fingerprint density at radius 2 is 1.38 bits per heavy atom. The normalized spacial score (nSPS) is 12.2. The fraction of sp³-hybridized carbons (Fsp3) is 0.483. The molecule has 0 saturated heterocycles. The van der Waals surface area contributed by atoms with Crippen LogP contribution in [0.1, 0.15) is 78.1 Å². The van der Waals surface area contributed by atoms with Crippen molar-refractivity contribution in [1.29, 1.82) is 0 Å². The van der Waals surface area contributed by atoms with Crippen LogP contribution in [-0.4, -0.2) is 18.7 Å². The average Bonchev–Trinajstić information content (AvgIpc) is 2.81. The van der Waals surface area contributed by atoms with Gasteiger partial charge in [0.1, 0.15) is 5.75 Å². The molecule has 0 spiro atoms. The van der Waals surface area contributed by atoms with Gasteiger partial charge in [-0.1, -0.05) is 94.7 Å². The topological polar surface area (TPSA) is 35.5 Å². The third kappa shape index (κ3) is 6.98. The van der Waals surface area contributed by atoms with Crippen molar-refractivity contribution in [3.63, 3.8) is 0 Å². The first-order chi connectivity index (χ1) is 15.7. The molecule has 3 nitrogen and oxygen atoms in total. The lowest BCUT2D eigenvalue weighted by atomic mass is 10.0. The van der Waals surface area contributed by atoms with E-state index in [0.29, 0.717) is 13.0 Å². The smallest absolute Gasteiger partial charge is 0.347 e. The average molecular weight is 435 g/mol. The van der Waals surface area contributed by atoms with Crippen LogP contribution in [0.4, 0.5) is 0 Å². The van der Waals surface area contributed by atoms with Gasteiger partial charge < -0.3 is 9.47 Å². The van der Waals surface area contributed by atoms with Crippen LogP contribution >= 0.6 is 0 Å². The Bertz CT molecular complexity index is 978. The van der Waals surface area contributed by atoms with Gasteiger partial charge in [-0.15, -0.1) is 0 Å². The molecule has 0 aliphatic rings. The van der Waals surface area contributed by atoms with Gasteiger partial charge in [0.05, 0.1) is 6.61 Å². The second-order valence-electron chi connectivity index (χ2n) is 8.65. The zero-order chi connectivity index (χ0) is 22.6. The van der Waals surface area contributed by atoms with Crippen molar-refractivity contribution in [2.24, 2.45) is 0 Å². The van der Waals surface area contributed by atoms with Gasteiger partial charge in [-0.2, -0.15) is 0 Å². The largest absolute Gasteiger partial charge is 0.478 e. The number of fused-ring (bicyclic) bond motifs is 2. The molecule has 0 radical (unpaired) electrons. The van der Waals surface area contributed by atoms with Crippen LogP contribution in [0.2, 0.25) is 0 Å². The predicted molar refractivity (Wildman–Crippen MR) is 134 cm³/mol.